The second-order valence-electron chi connectivity index (χ2n) is 4.09. The Balaban J connectivity index is 3.14. The van der Waals surface area contributed by atoms with E-state index in [0.29, 0.717) is 12.8 Å². The van der Waals surface area contributed by atoms with Crippen molar-refractivity contribution < 1.29 is 9.72 Å². The first-order valence-electron chi connectivity index (χ1n) is 5.62. The van der Waals surface area contributed by atoms with Crippen LogP contribution < -0.4 is 4.90 Å². The molecule has 5 nitrogen and oxygen atoms in total. The van der Waals surface area contributed by atoms with E-state index in [9.17, 15) is 14.9 Å². The lowest BCUT2D eigenvalue weighted by molar-refractivity contribution is -0.385. The molecule has 0 bridgehead atoms. The number of nitro benzene ring substituents is 1. The van der Waals surface area contributed by atoms with E-state index < -0.39 is 4.92 Å². The van der Waals surface area contributed by atoms with Crippen LogP contribution in [0, 0.1) is 10.1 Å². The molecule has 1 aromatic carbocycles. The summed E-state index contributed by atoms with van der Waals surface area (Å²) in [7, 11) is 0. The molecule has 0 amide bonds. The number of aldehydes is 1. The van der Waals surface area contributed by atoms with Crippen LogP contribution in [0.1, 0.15) is 24.2 Å². The van der Waals surface area contributed by atoms with Gasteiger partial charge in [-0.3, -0.25) is 14.9 Å². The molecule has 0 aromatic heterocycles. The van der Waals surface area contributed by atoms with Crippen molar-refractivity contribution in [2.75, 3.05) is 18.0 Å². The van der Waals surface area contributed by atoms with Crippen LogP contribution in [-0.2, 0) is 0 Å². The fourth-order valence-corrected chi connectivity index (χ4v) is 1.71. The molecule has 0 saturated carbocycles. The van der Waals surface area contributed by atoms with Gasteiger partial charge < -0.3 is 4.90 Å². The van der Waals surface area contributed by atoms with Gasteiger partial charge in [0.25, 0.3) is 5.69 Å². The van der Waals surface area contributed by atoms with Crippen LogP contribution in [0.4, 0.5) is 11.4 Å². The van der Waals surface area contributed by atoms with Crippen LogP contribution in [0.3, 0.4) is 0 Å². The number of carbonyl (C=O) groups is 1. The van der Waals surface area contributed by atoms with Crippen molar-refractivity contribution in [2.45, 2.75) is 13.8 Å². The number of hydrogen-bond donors (Lipinski definition) is 0. The van der Waals surface area contributed by atoms with Gasteiger partial charge in [-0.25, -0.2) is 0 Å². The van der Waals surface area contributed by atoms with Gasteiger partial charge in [0.15, 0.2) is 6.29 Å². The molecular weight excluding hydrogens is 232 g/mol. The molecule has 0 aliphatic rings. The summed E-state index contributed by atoms with van der Waals surface area (Å²) in [6.07, 6.45) is 0.510. The van der Waals surface area contributed by atoms with E-state index in [1.165, 1.54) is 12.1 Å². The number of nitro groups is 1. The summed E-state index contributed by atoms with van der Waals surface area (Å²) in [4.78, 5) is 23.1. The number of benzene rings is 1. The molecule has 0 aliphatic carbocycles. The summed E-state index contributed by atoms with van der Waals surface area (Å²) in [6.45, 7) is 9.12. The first-order chi connectivity index (χ1) is 8.49. The lowest BCUT2D eigenvalue weighted by Gasteiger charge is -2.23. The van der Waals surface area contributed by atoms with E-state index in [1.54, 1.807) is 6.07 Å². The van der Waals surface area contributed by atoms with Crippen LogP contribution in [0.5, 0.6) is 0 Å². The smallest absolute Gasteiger partial charge is 0.280 e. The largest absolute Gasteiger partial charge is 0.368 e. The Bertz CT molecular complexity index is 483. The Hall–Kier alpha value is -2.17. The van der Waals surface area contributed by atoms with Crippen molar-refractivity contribution in [3.05, 3.63) is 46.0 Å². The lowest BCUT2D eigenvalue weighted by atomic mass is 10.1. The third-order valence-corrected chi connectivity index (χ3v) is 2.54. The summed E-state index contributed by atoms with van der Waals surface area (Å²) >= 11 is 0. The third-order valence-electron chi connectivity index (χ3n) is 2.54. The molecule has 0 radical (unpaired) electrons. The number of rotatable bonds is 6. The fourth-order valence-electron chi connectivity index (χ4n) is 1.71. The molecule has 0 saturated heterocycles. The molecule has 5 heteroatoms. The molecule has 0 fully saturated rings. The summed E-state index contributed by atoms with van der Waals surface area (Å²) in [5, 5.41) is 10.7. The topological polar surface area (TPSA) is 63.4 Å². The van der Waals surface area contributed by atoms with Crippen molar-refractivity contribution in [1.82, 2.24) is 0 Å². The molecule has 18 heavy (non-hydrogen) atoms. The zero-order valence-electron chi connectivity index (χ0n) is 10.5. The molecule has 96 valence electrons. The minimum atomic E-state index is -0.553. The van der Waals surface area contributed by atoms with Crippen molar-refractivity contribution in [2.24, 2.45) is 0 Å². The monoisotopic (exact) mass is 248 g/mol. The maximum atomic E-state index is 10.9. The SMILES string of the molecule is C=C(C)CN(CC)c1ccc([N+](=O)[O-])c(C=O)c1. The van der Waals surface area contributed by atoms with Gasteiger partial charge in [-0.05, 0) is 26.0 Å². The normalized spacial score (nSPS) is 9.89. The Morgan fingerprint density at radius 1 is 1.56 bits per heavy atom. The van der Waals surface area contributed by atoms with Crippen LogP contribution in [0.2, 0.25) is 0 Å². The maximum absolute atomic E-state index is 10.9. The van der Waals surface area contributed by atoms with Gasteiger partial charge in [-0.15, -0.1) is 0 Å². The Kier molecular flexibility index (Phi) is 4.59. The Labute approximate surface area is 106 Å². The van der Waals surface area contributed by atoms with E-state index in [4.69, 9.17) is 0 Å². The highest BCUT2D eigenvalue weighted by atomic mass is 16.6. The number of nitrogens with zero attached hydrogens (tertiary/aromatic N) is 2. The second-order valence-corrected chi connectivity index (χ2v) is 4.09. The second kappa shape index (κ2) is 5.95. The van der Waals surface area contributed by atoms with Crippen molar-refractivity contribution in [3.63, 3.8) is 0 Å². The van der Waals surface area contributed by atoms with Gasteiger partial charge >= 0.3 is 0 Å². The standard InChI is InChI=1S/C13H16N2O3/c1-4-14(8-10(2)3)12-5-6-13(15(17)18)11(7-12)9-16/h5-7,9H,2,4,8H2,1,3H3. The van der Waals surface area contributed by atoms with Crippen LogP contribution in [0.15, 0.2) is 30.4 Å². The Morgan fingerprint density at radius 2 is 2.22 bits per heavy atom. The number of hydrogen-bond acceptors (Lipinski definition) is 4. The average Bonchev–Trinajstić information content (AvgIpc) is 2.34. The molecular formula is C13H16N2O3. The molecule has 1 rings (SSSR count). The van der Waals surface area contributed by atoms with E-state index in [0.717, 1.165) is 17.8 Å². The highest BCUT2D eigenvalue weighted by Crippen LogP contribution is 2.24. The zero-order valence-corrected chi connectivity index (χ0v) is 10.5. The summed E-state index contributed by atoms with van der Waals surface area (Å²) in [5.74, 6) is 0. The van der Waals surface area contributed by atoms with Crippen molar-refractivity contribution in [3.8, 4) is 0 Å². The van der Waals surface area contributed by atoms with Gasteiger partial charge in [0, 0.05) is 24.8 Å². The van der Waals surface area contributed by atoms with Crippen LogP contribution >= 0.6 is 0 Å². The van der Waals surface area contributed by atoms with Crippen molar-refractivity contribution in [1.29, 1.82) is 0 Å². The van der Waals surface area contributed by atoms with E-state index in [-0.39, 0.29) is 11.3 Å². The average molecular weight is 248 g/mol. The molecule has 0 heterocycles. The predicted octanol–water partition coefficient (Wildman–Crippen LogP) is 2.81. The summed E-state index contributed by atoms with van der Waals surface area (Å²) < 4.78 is 0. The van der Waals surface area contributed by atoms with Crippen LogP contribution in [0.25, 0.3) is 0 Å². The number of anilines is 1. The first-order valence-corrected chi connectivity index (χ1v) is 5.62. The van der Waals surface area contributed by atoms with E-state index >= 15 is 0 Å². The summed E-state index contributed by atoms with van der Waals surface area (Å²) in [6, 6.07) is 4.55. The highest BCUT2D eigenvalue weighted by Gasteiger charge is 2.15. The minimum Gasteiger partial charge on any atom is -0.368 e. The predicted molar refractivity (Wildman–Crippen MR) is 71.2 cm³/mol. The molecule has 0 aliphatic heterocycles. The zero-order chi connectivity index (χ0) is 13.7. The van der Waals surface area contributed by atoms with Crippen LogP contribution in [-0.4, -0.2) is 24.3 Å². The van der Waals surface area contributed by atoms with Crippen molar-refractivity contribution >= 4 is 17.7 Å². The molecule has 0 atom stereocenters. The van der Waals surface area contributed by atoms with Gasteiger partial charge in [0.1, 0.15) is 0 Å². The molecule has 0 N–H and O–H groups in total. The maximum Gasteiger partial charge on any atom is 0.280 e. The first kappa shape index (κ1) is 13.9. The Morgan fingerprint density at radius 3 is 2.67 bits per heavy atom. The quantitative estimate of drug-likeness (QED) is 0.336. The minimum absolute atomic E-state index is 0.0951. The summed E-state index contributed by atoms with van der Waals surface area (Å²) in [5.41, 5.74) is 1.70. The van der Waals surface area contributed by atoms with E-state index in [2.05, 4.69) is 6.58 Å². The highest BCUT2D eigenvalue weighted by molar-refractivity contribution is 5.83. The number of carbonyl (C=O) groups excluding carboxylic acids is 1. The van der Waals surface area contributed by atoms with Gasteiger partial charge in [-0.2, -0.15) is 0 Å². The lowest BCUT2D eigenvalue weighted by Crippen LogP contribution is -2.24. The van der Waals surface area contributed by atoms with Gasteiger partial charge in [0.05, 0.1) is 10.5 Å². The van der Waals surface area contributed by atoms with E-state index in [1.807, 2.05) is 18.7 Å². The van der Waals surface area contributed by atoms with Gasteiger partial charge in [0.2, 0.25) is 0 Å². The number of likely N-dealkylation sites (N-methyl/N-ethyl adjacent to an activating group) is 1. The third kappa shape index (κ3) is 3.16. The fraction of sp³-hybridized carbons (Fsp3) is 0.308. The van der Waals surface area contributed by atoms with Gasteiger partial charge in [-0.1, -0.05) is 12.2 Å². The molecule has 1 aromatic rings. The molecule has 0 spiro atoms. The molecule has 0 unspecified atom stereocenters.